The van der Waals surface area contributed by atoms with Crippen molar-refractivity contribution in [3.8, 4) is 33.6 Å². The molecule has 1 amide bonds. The highest BCUT2D eigenvalue weighted by Gasteiger charge is 2.26. The fraction of sp³-hybridized carbons (Fsp3) is 0.250. The molecule has 0 spiro atoms. The van der Waals surface area contributed by atoms with E-state index in [4.69, 9.17) is 9.72 Å². The molecule has 4 heterocycles. The quantitative estimate of drug-likeness (QED) is 0.252. The fourth-order valence-electron chi connectivity index (χ4n) is 4.56. The van der Waals surface area contributed by atoms with Crippen LogP contribution in [0.1, 0.15) is 45.9 Å². The summed E-state index contributed by atoms with van der Waals surface area (Å²) in [5.41, 5.74) is 7.09. The first-order valence-electron chi connectivity index (χ1n) is 13.0. The second-order valence-corrected chi connectivity index (χ2v) is 11.3. The first-order valence-corrected chi connectivity index (χ1v) is 13.0. The van der Waals surface area contributed by atoms with Gasteiger partial charge in [-0.15, -0.1) is 0 Å². The predicted octanol–water partition coefficient (Wildman–Crippen LogP) is 7.42. The normalized spacial score (nSPS) is 11.9. The van der Waals surface area contributed by atoms with Crippen molar-refractivity contribution in [1.82, 2.24) is 25.3 Å². The first kappa shape index (κ1) is 26.1. The SMILES string of the molecule is Cc1cccc(-c2cc(-c3cncc(-c4cccc(C(C)(C)NC(=O)OC(C)(C)C)c4)c3)c3cc[nH]c3n2)n1. The molecule has 0 aliphatic heterocycles. The Bertz CT molecular complexity index is 1660. The van der Waals surface area contributed by atoms with Crippen LogP contribution in [0.4, 0.5) is 4.79 Å². The minimum absolute atomic E-state index is 0.450. The zero-order valence-corrected chi connectivity index (χ0v) is 23.2. The summed E-state index contributed by atoms with van der Waals surface area (Å²) < 4.78 is 5.48. The van der Waals surface area contributed by atoms with Crippen LogP contribution >= 0.6 is 0 Å². The van der Waals surface area contributed by atoms with Crippen LogP contribution < -0.4 is 5.32 Å². The molecule has 39 heavy (non-hydrogen) atoms. The Morgan fingerprint density at radius 1 is 0.846 bits per heavy atom. The minimum Gasteiger partial charge on any atom is -0.444 e. The lowest BCUT2D eigenvalue weighted by atomic mass is 9.91. The van der Waals surface area contributed by atoms with Crippen molar-refractivity contribution < 1.29 is 9.53 Å². The Hall–Kier alpha value is -4.52. The summed E-state index contributed by atoms with van der Waals surface area (Å²) in [4.78, 5) is 29.8. The number of pyridine rings is 3. The van der Waals surface area contributed by atoms with Crippen molar-refractivity contribution in [3.05, 3.63) is 90.5 Å². The lowest BCUT2D eigenvalue weighted by Gasteiger charge is -2.29. The maximum atomic E-state index is 12.5. The highest BCUT2D eigenvalue weighted by molar-refractivity contribution is 5.95. The molecule has 198 valence electrons. The number of nitrogens with one attached hydrogen (secondary N) is 2. The number of aromatic amines is 1. The van der Waals surface area contributed by atoms with Crippen LogP contribution in [-0.2, 0) is 10.3 Å². The molecular weight excluding hydrogens is 486 g/mol. The number of ether oxygens (including phenoxy) is 1. The summed E-state index contributed by atoms with van der Waals surface area (Å²) in [7, 11) is 0. The molecule has 0 bridgehead atoms. The third-order valence-corrected chi connectivity index (χ3v) is 6.46. The standard InChI is InChI=1S/C32H33N5O2/c1-20-9-7-12-27(35-20)28-17-26(25-13-14-34-29(25)36-28)23-15-22(18-33-19-23)21-10-8-11-24(16-21)32(5,6)37-30(38)39-31(2,3)4/h7-19H,1-6H3,(H,34,36)(H,37,38). The average Bonchev–Trinajstić information content (AvgIpc) is 3.36. The number of carbonyl (C=O) groups excluding carboxylic acids is 1. The minimum atomic E-state index is -0.637. The van der Waals surface area contributed by atoms with Gasteiger partial charge in [0.1, 0.15) is 11.2 Å². The number of hydrogen-bond donors (Lipinski definition) is 2. The summed E-state index contributed by atoms with van der Waals surface area (Å²) >= 11 is 0. The van der Waals surface area contributed by atoms with E-state index >= 15 is 0 Å². The number of aryl methyl sites for hydroxylation is 1. The van der Waals surface area contributed by atoms with Crippen molar-refractivity contribution in [1.29, 1.82) is 0 Å². The van der Waals surface area contributed by atoms with E-state index in [-0.39, 0.29) is 0 Å². The molecule has 7 heteroatoms. The molecule has 7 nitrogen and oxygen atoms in total. The molecule has 5 aromatic rings. The smallest absolute Gasteiger partial charge is 0.408 e. The van der Waals surface area contributed by atoms with E-state index < -0.39 is 17.2 Å². The molecule has 0 atom stereocenters. The number of alkyl carbamates (subject to hydrolysis) is 1. The Balaban J connectivity index is 1.51. The van der Waals surface area contributed by atoms with Gasteiger partial charge in [-0.05, 0) is 94.6 Å². The van der Waals surface area contributed by atoms with Gasteiger partial charge in [0.05, 0.1) is 16.9 Å². The Kier molecular flexibility index (Phi) is 6.68. The first-order chi connectivity index (χ1) is 18.5. The molecule has 0 aliphatic carbocycles. The van der Waals surface area contributed by atoms with Crippen molar-refractivity contribution in [3.63, 3.8) is 0 Å². The van der Waals surface area contributed by atoms with Gasteiger partial charge in [-0.25, -0.2) is 9.78 Å². The molecule has 5 rings (SSSR count). The number of aromatic nitrogens is 4. The summed E-state index contributed by atoms with van der Waals surface area (Å²) in [6.07, 6.45) is 5.18. The molecule has 1 aromatic carbocycles. The largest absolute Gasteiger partial charge is 0.444 e. The monoisotopic (exact) mass is 519 g/mol. The average molecular weight is 520 g/mol. The van der Waals surface area contributed by atoms with Crippen LogP contribution in [0.3, 0.4) is 0 Å². The van der Waals surface area contributed by atoms with E-state index in [1.54, 1.807) is 0 Å². The molecule has 0 fully saturated rings. The van der Waals surface area contributed by atoms with Crippen LogP contribution in [0, 0.1) is 6.92 Å². The summed E-state index contributed by atoms with van der Waals surface area (Å²) in [6.45, 7) is 11.5. The number of H-pyrrole nitrogens is 1. The van der Waals surface area contributed by atoms with E-state index in [1.807, 2.05) is 103 Å². The predicted molar refractivity (Wildman–Crippen MR) is 155 cm³/mol. The lowest BCUT2D eigenvalue weighted by Crippen LogP contribution is -2.43. The van der Waals surface area contributed by atoms with Crippen LogP contribution in [-0.4, -0.2) is 31.6 Å². The van der Waals surface area contributed by atoms with Gasteiger partial charge in [0, 0.05) is 40.8 Å². The highest BCUT2D eigenvalue weighted by Crippen LogP contribution is 2.34. The molecule has 4 aromatic heterocycles. The maximum absolute atomic E-state index is 12.5. The summed E-state index contributed by atoms with van der Waals surface area (Å²) in [5, 5.41) is 4.01. The lowest BCUT2D eigenvalue weighted by molar-refractivity contribution is 0.0470. The van der Waals surface area contributed by atoms with Gasteiger partial charge in [-0.1, -0.05) is 24.3 Å². The van der Waals surface area contributed by atoms with Gasteiger partial charge in [-0.2, -0.15) is 0 Å². The van der Waals surface area contributed by atoms with Gasteiger partial charge >= 0.3 is 6.09 Å². The van der Waals surface area contributed by atoms with E-state index in [0.717, 1.165) is 55.9 Å². The van der Waals surface area contributed by atoms with Crippen LogP contribution in [0.5, 0.6) is 0 Å². The molecule has 0 radical (unpaired) electrons. The van der Waals surface area contributed by atoms with Crippen LogP contribution in [0.25, 0.3) is 44.7 Å². The van der Waals surface area contributed by atoms with E-state index in [2.05, 4.69) is 38.5 Å². The van der Waals surface area contributed by atoms with Crippen molar-refractivity contribution in [2.75, 3.05) is 0 Å². The maximum Gasteiger partial charge on any atom is 0.408 e. The van der Waals surface area contributed by atoms with Gasteiger partial charge in [0.2, 0.25) is 0 Å². The van der Waals surface area contributed by atoms with Gasteiger partial charge in [0.25, 0.3) is 0 Å². The third-order valence-electron chi connectivity index (χ3n) is 6.46. The molecule has 0 aliphatic rings. The number of carbonyl (C=O) groups is 1. The number of benzene rings is 1. The van der Waals surface area contributed by atoms with Crippen molar-refractivity contribution >= 4 is 17.1 Å². The van der Waals surface area contributed by atoms with Crippen molar-refractivity contribution in [2.24, 2.45) is 0 Å². The highest BCUT2D eigenvalue weighted by atomic mass is 16.6. The Morgan fingerprint density at radius 3 is 2.38 bits per heavy atom. The third kappa shape index (κ3) is 5.82. The summed E-state index contributed by atoms with van der Waals surface area (Å²) in [6, 6.07) is 20.3. The zero-order chi connectivity index (χ0) is 27.8. The van der Waals surface area contributed by atoms with Crippen LogP contribution in [0.2, 0.25) is 0 Å². The van der Waals surface area contributed by atoms with Gasteiger partial charge in [0.15, 0.2) is 0 Å². The summed E-state index contributed by atoms with van der Waals surface area (Å²) in [5.74, 6) is 0. The van der Waals surface area contributed by atoms with Crippen LogP contribution in [0.15, 0.2) is 79.3 Å². The molecule has 0 unspecified atom stereocenters. The number of fused-ring (bicyclic) bond motifs is 1. The van der Waals surface area contributed by atoms with E-state index in [9.17, 15) is 4.79 Å². The number of amides is 1. The molecule has 0 saturated heterocycles. The fourth-order valence-corrected chi connectivity index (χ4v) is 4.56. The number of nitrogens with zero attached hydrogens (tertiary/aromatic N) is 3. The Labute approximate surface area is 228 Å². The van der Waals surface area contributed by atoms with Crippen molar-refractivity contribution in [2.45, 2.75) is 52.7 Å². The van der Waals surface area contributed by atoms with Gasteiger partial charge < -0.3 is 15.0 Å². The second-order valence-electron chi connectivity index (χ2n) is 11.3. The molecule has 2 N–H and O–H groups in total. The number of rotatable bonds is 5. The molecule has 0 saturated carbocycles. The van der Waals surface area contributed by atoms with E-state index in [0.29, 0.717) is 0 Å². The zero-order valence-electron chi connectivity index (χ0n) is 23.2. The number of hydrogen-bond acceptors (Lipinski definition) is 5. The van der Waals surface area contributed by atoms with E-state index in [1.165, 1.54) is 0 Å². The molecular formula is C32H33N5O2. The van der Waals surface area contributed by atoms with Gasteiger partial charge in [-0.3, -0.25) is 9.97 Å². The topological polar surface area (TPSA) is 92.8 Å². The second kappa shape index (κ2) is 9.98. The Morgan fingerprint density at radius 2 is 1.62 bits per heavy atom.